The molecule has 0 bridgehead atoms. The Balaban J connectivity index is 1.98. The van der Waals surface area contributed by atoms with Gasteiger partial charge in [-0.25, -0.2) is 0 Å². The molecule has 1 amide bonds. The number of benzene rings is 2. The smallest absolute Gasteiger partial charge is 0.251 e. The van der Waals surface area contributed by atoms with Gasteiger partial charge < -0.3 is 5.32 Å². The molecule has 2 nitrogen and oxygen atoms in total. The maximum Gasteiger partial charge on any atom is 0.251 e. The number of carbonyl (C=O) groups is 1. The van der Waals surface area contributed by atoms with Gasteiger partial charge in [0.05, 0.1) is 0 Å². The minimum atomic E-state index is -0.0213. The van der Waals surface area contributed by atoms with Crippen molar-refractivity contribution >= 4 is 17.7 Å². The van der Waals surface area contributed by atoms with Gasteiger partial charge in [-0.05, 0) is 42.5 Å². The van der Waals surface area contributed by atoms with E-state index in [2.05, 4.69) is 23.7 Å². The van der Waals surface area contributed by atoms with Gasteiger partial charge in [0.15, 0.2) is 0 Å². The van der Waals surface area contributed by atoms with Gasteiger partial charge in [-0.15, -0.1) is 11.8 Å². The van der Waals surface area contributed by atoms with Gasteiger partial charge in [-0.1, -0.05) is 30.3 Å². The second-order valence-corrected chi connectivity index (χ2v) is 5.23. The van der Waals surface area contributed by atoms with E-state index in [1.54, 1.807) is 11.8 Å². The summed E-state index contributed by atoms with van der Waals surface area (Å²) in [5, 5.41) is 2.95. The average molecular weight is 271 g/mol. The lowest BCUT2D eigenvalue weighted by Gasteiger charge is -2.08. The molecule has 0 aliphatic heterocycles. The van der Waals surface area contributed by atoms with Crippen molar-refractivity contribution in [3.05, 3.63) is 65.2 Å². The van der Waals surface area contributed by atoms with Crippen molar-refractivity contribution < 1.29 is 4.79 Å². The summed E-state index contributed by atoms with van der Waals surface area (Å²) in [6, 6.07) is 15.8. The van der Waals surface area contributed by atoms with E-state index in [4.69, 9.17) is 0 Å². The molecule has 2 rings (SSSR count). The molecular weight excluding hydrogens is 254 g/mol. The molecule has 3 heteroatoms. The first-order chi connectivity index (χ1) is 9.20. The number of amides is 1. The lowest BCUT2D eigenvalue weighted by atomic mass is 10.1. The number of aryl methyl sites for hydroxylation is 1. The standard InChI is InChI=1S/C16H17NOS/c1-12-5-3-4-6-15(12)16(18)17-11-13-7-9-14(19-2)10-8-13/h3-10H,11H2,1-2H3,(H,17,18). The molecular formula is C16H17NOS. The Morgan fingerprint density at radius 1 is 1.11 bits per heavy atom. The van der Waals surface area contributed by atoms with E-state index in [1.807, 2.05) is 43.3 Å². The highest BCUT2D eigenvalue weighted by atomic mass is 32.2. The predicted molar refractivity (Wildman–Crippen MR) is 80.6 cm³/mol. The highest BCUT2D eigenvalue weighted by molar-refractivity contribution is 7.98. The van der Waals surface area contributed by atoms with Crippen LogP contribution in [0, 0.1) is 6.92 Å². The van der Waals surface area contributed by atoms with Crippen LogP contribution in [0.15, 0.2) is 53.4 Å². The van der Waals surface area contributed by atoms with Crippen LogP contribution in [0.1, 0.15) is 21.5 Å². The summed E-state index contributed by atoms with van der Waals surface area (Å²) in [6.45, 7) is 2.50. The molecule has 2 aromatic rings. The summed E-state index contributed by atoms with van der Waals surface area (Å²) in [7, 11) is 0. The zero-order valence-corrected chi connectivity index (χ0v) is 12.0. The lowest BCUT2D eigenvalue weighted by molar-refractivity contribution is 0.0950. The molecule has 19 heavy (non-hydrogen) atoms. The largest absolute Gasteiger partial charge is 0.348 e. The maximum atomic E-state index is 12.0. The van der Waals surface area contributed by atoms with Crippen LogP contribution in [0.4, 0.5) is 0 Å². The number of rotatable bonds is 4. The summed E-state index contributed by atoms with van der Waals surface area (Å²) in [6.07, 6.45) is 2.05. The lowest BCUT2D eigenvalue weighted by Crippen LogP contribution is -2.23. The molecule has 0 heterocycles. The zero-order valence-electron chi connectivity index (χ0n) is 11.1. The SMILES string of the molecule is CSc1ccc(CNC(=O)c2ccccc2C)cc1. The van der Waals surface area contributed by atoms with Crippen LogP contribution in [0.25, 0.3) is 0 Å². The Hall–Kier alpha value is -1.74. The first-order valence-corrected chi connectivity index (χ1v) is 7.40. The van der Waals surface area contributed by atoms with Crippen LogP contribution < -0.4 is 5.32 Å². The fourth-order valence-electron chi connectivity index (χ4n) is 1.85. The third kappa shape index (κ3) is 3.61. The van der Waals surface area contributed by atoms with Gasteiger partial charge in [0.2, 0.25) is 0 Å². The first kappa shape index (κ1) is 13.7. The van der Waals surface area contributed by atoms with Gasteiger partial charge in [-0.2, -0.15) is 0 Å². The Morgan fingerprint density at radius 2 is 1.79 bits per heavy atom. The summed E-state index contributed by atoms with van der Waals surface area (Å²) >= 11 is 1.71. The predicted octanol–water partition coefficient (Wildman–Crippen LogP) is 3.65. The maximum absolute atomic E-state index is 12.0. The van der Waals surface area contributed by atoms with Crippen LogP contribution >= 0.6 is 11.8 Å². The number of nitrogens with one attached hydrogen (secondary N) is 1. The quantitative estimate of drug-likeness (QED) is 0.860. The monoisotopic (exact) mass is 271 g/mol. The van der Waals surface area contributed by atoms with Crippen LogP contribution in [-0.2, 0) is 6.54 Å². The Labute approximate surface area is 118 Å². The summed E-state index contributed by atoms with van der Waals surface area (Å²) in [5.74, 6) is -0.0213. The van der Waals surface area contributed by atoms with Crippen LogP contribution in [0.5, 0.6) is 0 Å². The van der Waals surface area contributed by atoms with Crippen molar-refractivity contribution in [2.24, 2.45) is 0 Å². The Kier molecular flexibility index (Phi) is 4.63. The topological polar surface area (TPSA) is 29.1 Å². The van der Waals surface area contributed by atoms with E-state index >= 15 is 0 Å². The van der Waals surface area contributed by atoms with E-state index in [9.17, 15) is 4.79 Å². The van der Waals surface area contributed by atoms with Gasteiger partial charge in [-0.3, -0.25) is 4.79 Å². The summed E-state index contributed by atoms with van der Waals surface area (Å²) in [5.41, 5.74) is 2.85. The van der Waals surface area contributed by atoms with E-state index in [0.717, 1.165) is 16.7 Å². The van der Waals surface area contributed by atoms with Crippen molar-refractivity contribution in [3.8, 4) is 0 Å². The minimum absolute atomic E-state index is 0.0213. The van der Waals surface area contributed by atoms with Gasteiger partial charge in [0, 0.05) is 17.0 Å². The molecule has 0 aliphatic rings. The molecule has 0 saturated carbocycles. The van der Waals surface area contributed by atoms with Crippen LogP contribution in [0.2, 0.25) is 0 Å². The van der Waals surface area contributed by atoms with Gasteiger partial charge >= 0.3 is 0 Å². The van der Waals surface area contributed by atoms with E-state index in [0.29, 0.717) is 6.54 Å². The van der Waals surface area contributed by atoms with Gasteiger partial charge in [0.25, 0.3) is 5.91 Å². The van der Waals surface area contributed by atoms with E-state index in [-0.39, 0.29) is 5.91 Å². The third-order valence-corrected chi connectivity index (χ3v) is 3.75. The van der Waals surface area contributed by atoms with Crippen molar-refractivity contribution in [2.45, 2.75) is 18.4 Å². The van der Waals surface area contributed by atoms with E-state index in [1.165, 1.54) is 4.90 Å². The number of hydrogen-bond donors (Lipinski definition) is 1. The normalized spacial score (nSPS) is 10.2. The number of thioether (sulfide) groups is 1. The molecule has 0 unspecified atom stereocenters. The third-order valence-electron chi connectivity index (χ3n) is 3.00. The highest BCUT2D eigenvalue weighted by Gasteiger charge is 2.07. The summed E-state index contributed by atoms with van der Waals surface area (Å²) < 4.78 is 0. The molecule has 0 fully saturated rings. The Bertz CT molecular complexity index is 563. The summed E-state index contributed by atoms with van der Waals surface area (Å²) in [4.78, 5) is 13.3. The molecule has 0 atom stereocenters. The second-order valence-electron chi connectivity index (χ2n) is 4.35. The first-order valence-electron chi connectivity index (χ1n) is 6.17. The minimum Gasteiger partial charge on any atom is -0.348 e. The average Bonchev–Trinajstić information content (AvgIpc) is 2.46. The number of hydrogen-bond acceptors (Lipinski definition) is 2. The van der Waals surface area contributed by atoms with Crippen molar-refractivity contribution in [2.75, 3.05) is 6.26 Å². The highest BCUT2D eigenvalue weighted by Crippen LogP contribution is 2.15. The number of carbonyl (C=O) groups excluding carboxylic acids is 1. The molecule has 98 valence electrons. The molecule has 0 radical (unpaired) electrons. The van der Waals surface area contributed by atoms with Crippen molar-refractivity contribution in [1.29, 1.82) is 0 Å². The van der Waals surface area contributed by atoms with Crippen molar-refractivity contribution in [1.82, 2.24) is 5.32 Å². The molecule has 0 aromatic heterocycles. The molecule has 0 saturated heterocycles. The Morgan fingerprint density at radius 3 is 2.42 bits per heavy atom. The molecule has 1 N–H and O–H groups in total. The zero-order chi connectivity index (χ0) is 13.7. The van der Waals surface area contributed by atoms with E-state index < -0.39 is 0 Å². The second kappa shape index (κ2) is 6.43. The van der Waals surface area contributed by atoms with Gasteiger partial charge in [0.1, 0.15) is 0 Å². The molecule has 2 aromatic carbocycles. The molecule has 0 aliphatic carbocycles. The molecule has 0 spiro atoms. The fraction of sp³-hybridized carbons (Fsp3) is 0.188. The van der Waals surface area contributed by atoms with Crippen LogP contribution in [-0.4, -0.2) is 12.2 Å². The fourth-order valence-corrected chi connectivity index (χ4v) is 2.26. The van der Waals surface area contributed by atoms with Crippen molar-refractivity contribution in [3.63, 3.8) is 0 Å². The van der Waals surface area contributed by atoms with Crippen LogP contribution in [0.3, 0.4) is 0 Å².